The van der Waals surface area contributed by atoms with Gasteiger partial charge in [-0.1, -0.05) is 28.1 Å². The summed E-state index contributed by atoms with van der Waals surface area (Å²) in [5.41, 5.74) is 2.39. The number of halogens is 1. The van der Waals surface area contributed by atoms with Gasteiger partial charge < -0.3 is 9.64 Å². The smallest absolute Gasteiger partial charge is 0.139 e. The highest BCUT2D eigenvalue weighted by Gasteiger charge is 2.22. The standard InChI is InChI=1S/C20H20BrN3O/c1-25-17-5-2-14(3-6-17)15-8-10-24(11-9-15)20-18-12-16(21)4-7-19(18)22-13-23-20/h2-7,12-13,15H,8-11H2,1H3. The van der Waals surface area contributed by atoms with Gasteiger partial charge in [0.25, 0.3) is 0 Å². The van der Waals surface area contributed by atoms with Crippen LogP contribution in [0, 0.1) is 0 Å². The Hall–Kier alpha value is -2.14. The molecule has 1 aromatic heterocycles. The number of hydrogen-bond acceptors (Lipinski definition) is 4. The van der Waals surface area contributed by atoms with Crippen molar-refractivity contribution in [3.63, 3.8) is 0 Å². The Balaban J connectivity index is 1.53. The first-order chi connectivity index (χ1) is 12.2. The molecule has 0 spiro atoms. The minimum absolute atomic E-state index is 0.599. The molecule has 1 saturated heterocycles. The molecule has 5 heteroatoms. The van der Waals surface area contributed by atoms with Gasteiger partial charge in [0.15, 0.2) is 0 Å². The van der Waals surface area contributed by atoms with Crippen LogP contribution in [0.3, 0.4) is 0 Å². The monoisotopic (exact) mass is 397 g/mol. The Morgan fingerprint density at radius 3 is 2.52 bits per heavy atom. The molecule has 0 radical (unpaired) electrons. The molecule has 25 heavy (non-hydrogen) atoms. The molecule has 1 aliphatic rings. The van der Waals surface area contributed by atoms with Crippen LogP contribution in [0.4, 0.5) is 5.82 Å². The molecule has 0 unspecified atom stereocenters. The summed E-state index contributed by atoms with van der Waals surface area (Å²) in [6.07, 6.45) is 3.93. The lowest BCUT2D eigenvalue weighted by Crippen LogP contribution is -2.33. The van der Waals surface area contributed by atoms with Gasteiger partial charge in [-0.05, 0) is 54.7 Å². The molecule has 0 atom stereocenters. The van der Waals surface area contributed by atoms with Gasteiger partial charge in [0.05, 0.1) is 12.6 Å². The number of fused-ring (bicyclic) bond motifs is 1. The van der Waals surface area contributed by atoms with Gasteiger partial charge in [0, 0.05) is 22.9 Å². The van der Waals surface area contributed by atoms with Gasteiger partial charge in [0.2, 0.25) is 0 Å². The van der Waals surface area contributed by atoms with Gasteiger partial charge in [-0.25, -0.2) is 9.97 Å². The van der Waals surface area contributed by atoms with E-state index in [9.17, 15) is 0 Å². The summed E-state index contributed by atoms with van der Waals surface area (Å²) in [6.45, 7) is 2.02. The molecule has 0 saturated carbocycles. The van der Waals surface area contributed by atoms with Crippen molar-refractivity contribution in [2.75, 3.05) is 25.1 Å². The van der Waals surface area contributed by atoms with Crippen LogP contribution in [-0.2, 0) is 0 Å². The lowest BCUT2D eigenvalue weighted by molar-refractivity contribution is 0.414. The Kier molecular flexibility index (Phi) is 4.57. The van der Waals surface area contributed by atoms with Crippen molar-refractivity contribution in [3.05, 3.63) is 58.8 Å². The van der Waals surface area contributed by atoms with E-state index >= 15 is 0 Å². The maximum atomic E-state index is 5.26. The van der Waals surface area contributed by atoms with Crippen molar-refractivity contribution < 1.29 is 4.74 Å². The van der Waals surface area contributed by atoms with E-state index in [2.05, 4.69) is 61.1 Å². The summed E-state index contributed by atoms with van der Waals surface area (Å²) in [5, 5.41) is 1.11. The van der Waals surface area contributed by atoms with Crippen molar-refractivity contribution in [1.82, 2.24) is 9.97 Å². The average molecular weight is 398 g/mol. The lowest BCUT2D eigenvalue weighted by atomic mass is 9.89. The lowest BCUT2D eigenvalue weighted by Gasteiger charge is -2.33. The van der Waals surface area contributed by atoms with Crippen LogP contribution in [0.25, 0.3) is 10.9 Å². The molecular formula is C20H20BrN3O. The van der Waals surface area contributed by atoms with E-state index in [4.69, 9.17) is 4.74 Å². The summed E-state index contributed by atoms with van der Waals surface area (Å²) in [7, 11) is 1.71. The number of anilines is 1. The van der Waals surface area contributed by atoms with Crippen LogP contribution in [0.5, 0.6) is 5.75 Å². The van der Waals surface area contributed by atoms with Gasteiger partial charge in [-0.2, -0.15) is 0 Å². The summed E-state index contributed by atoms with van der Waals surface area (Å²) < 4.78 is 6.32. The fourth-order valence-electron chi connectivity index (χ4n) is 3.57. The molecule has 2 heterocycles. The number of methoxy groups -OCH3 is 1. The highest BCUT2D eigenvalue weighted by Crippen LogP contribution is 2.33. The second-order valence-electron chi connectivity index (χ2n) is 6.39. The van der Waals surface area contributed by atoms with Crippen molar-refractivity contribution in [2.24, 2.45) is 0 Å². The number of nitrogens with zero attached hydrogens (tertiary/aromatic N) is 3. The van der Waals surface area contributed by atoms with E-state index < -0.39 is 0 Å². The molecule has 128 valence electrons. The van der Waals surface area contributed by atoms with Crippen LogP contribution in [-0.4, -0.2) is 30.2 Å². The largest absolute Gasteiger partial charge is 0.497 e. The number of rotatable bonds is 3. The number of aromatic nitrogens is 2. The summed E-state index contributed by atoms with van der Waals surface area (Å²) >= 11 is 3.56. The zero-order valence-corrected chi connectivity index (χ0v) is 15.7. The predicted octanol–water partition coefficient (Wildman–Crippen LogP) is 4.78. The highest BCUT2D eigenvalue weighted by molar-refractivity contribution is 9.10. The topological polar surface area (TPSA) is 38.2 Å². The van der Waals surface area contributed by atoms with Gasteiger partial charge in [-0.15, -0.1) is 0 Å². The Bertz CT molecular complexity index is 874. The molecule has 0 N–H and O–H groups in total. The normalized spacial score (nSPS) is 15.5. The Morgan fingerprint density at radius 2 is 1.80 bits per heavy atom. The molecular weight excluding hydrogens is 378 g/mol. The van der Waals surface area contributed by atoms with E-state index in [1.807, 2.05) is 12.1 Å². The van der Waals surface area contributed by atoms with Gasteiger partial charge >= 0.3 is 0 Å². The molecule has 0 amide bonds. The van der Waals surface area contributed by atoms with Gasteiger partial charge in [-0.3, -0.25) is 0 Å². The minimum Gasteiger partial charge on any atom is -0.497 e. The van der Waals surface area contributed by atoms with E-state index in [-0.39, 0.29) is 0 Å². The quantitative estimate of drug-likeness (QED) is 0.636. The van der Waals surface area contributed by atoms with E-state index in [0.717, 1.165) is 52.9 Å². The Labute approximate surface area is 156 Å². The number of ether oxygens (including phenoxy) is 1. The first-order valence-corrected chi connectivity index (χ1v) is 9.33. The number of benzene rings is 2. The second-order valence-corrected chi connectivity index (χ2v) is 7.31. The fourth-order valence-corrected chi connectivity index (χ4v) is 3.93. The van der Waals surface area contributed by atoms with Crippen LogP contribution in [0.15, 0.2) is 53.3 Å². The molecule has 4 rings (SSSR count). The zero-order valence-electron chi connectivity index (χ0n) is 14.2. The number of piperidine rings is 1. The van der Waals surface area contributed by atoms with Crippen LogP contribution in [0.2, 0.25) is 0 Å². The summed E-state index contributed by atoms with van der Waals surface area (Å²) in [6, 6.07) is 14.7. The molecule has 3 aromatic rings. The summed E-state index contributed by atoms with van der Waals surface area (Å²) in [5.74, 6) is 2.56. The molecule has 0 bridgehead atoms. The SMILES string of the molecule is COc1ccc(C2CCN(c3ncnc4ccc(Br)cc34)CC2)cc1. The van der Waals surface area contributed by atoms with E-state index in [0.29, 0.717) is 5.92 Å². The molecule has 0 aliphatic carbocycles. The third-order valence-corrected chi connectivity index (χ3v) is 5.45. The Morgan fingerprint density at radius 1 is 1.04 bits per heavy atom. The van der Waals surface area contributed by atoms with E-state index in [1.54, 1.807) is 13.4 Å². The molecule has 1 aliphatic heterocycles. The molecule has 2 aromatic carbocycles. The minimum atomic E-state index is 0.599. The first-order valence-electron chi connectivity index (χ1n) is 8.54. The summed E-state index contributed by atoms with van der Waals surface area (Å²) in [4.78, 5) is 11.3. The van der Waals surface area contributed by atoms with E-state index in [1.165, 1.54) is 5.56 Å². The van der Waals surface area contributed by atoms with Crippen molar-refractivity contribution >= 4 is 32.7 Å². The van der Waals surface area contributed by atoms with Crippen LogP contribution >= 0.6 is 15.9 Å². The van der Waals surface area contributed by atoms with Gasteiger partial charge in [0.1, 0.15) is 17.9 Å². The number of hydrogen-bond donors (Lipinski definition) is 0. The molecule has 4 nitrogen and oxygen atoms in total. The van der Waals surface area contributed by atoms with Crippen LogP contribution < -0.4 is 9.64 Å². The van der Waals surface area contributed by atoms with Crippen LogP contribution in [0.1, 0.15) is 24.3 Å². The van der Waals surface area contributed by atoms with Crippen molar-refractivity contribution in [2.45, 2.75) is 18.8 Å². The van der Waals surface area contributed by atoms with Crippen molar-refractivity contribution in [1.29, 1.82) is 0 Å². The maximum Gasteiger partial charge on any atom is 0.139 e. The highest BCUT2D eigenvalue weighted by atomic mass is 79.9. The third-order valence-electron chi connectivity index (χ3n) is 4.96. The average Bonchev–Trinajstić information content (AvgIpc) is 2.68. The second kappa shape index (κ2) is 7.00. The maximum absolute atomic E-state index is 5.26. The zero-order chi connectivity index (χ0) is 17.2. The fraction of sp³-hybridized carbons (Fsp3) is 0.300. The van der Waals surface area contributed by atoms with Crippen molar-refractivity contribution in [3.8, 4) is 5.75 Å². The molecule has 1 fully saturated rings. The first kappa shape index (κ1) is 16.3. The third kappa shape index (κ3) is 3.33. The predicted molar refractivity (Wildman–Crippen MR) is 104 cm³/mol.